The van der Waals surface area contributed by atoms with Gasteiger partial charge in [-0.05, 0) is 29.3 Å². The van der Waals surface area contributed by atoms with Crippen molar-refractivity contribution in [3.63, 3.8) is 0 Å². The summed E-state index contributed by atoms with van der Waals surface area (Å²) >= 11 is 0. The zero-order chi connectivity index (χ0) is 21.4. The maximum Gasteiger partial charge on any atom is 0.351 e. The van der Waals surface area contributed by atoms with Crippen molar-refractivity contribution in [2.75, 3.05) is 0 Å². The van der Waals surface area contributed by atoms with Gasteiger partial charge in [-0.2, -0.15) is 0 Å². The first-order valence-corrected chi connectivity index (χ1v) is 10.0. The molecule has 152 valence electrons. The summed E-state index contributed by atoms with van der Waals surface area (Å²) in [5.41, 5.74) is 1.99. The third-order valence-electron chi connectivity index (χ3n) is 5.65. The highest BCUT2D eigenvalue weighted by Crippen LogP contribution is 2.35. The van der Waals surface area contributed by atoms with Crippen molar-refractivity contribution >= 4 is 27.7 Å². The highest BCUT2D eigenvalue weighted by molar-refractivity contribution is 6.03. The quantitative estimate of drug-likeness (QED) is 0.301. The van der Waals surface area contributed by atoms with Gasteiger partial charge in [0.15, 0.2) is 5.78 Å². The molecular weight excluding hydrogens is 390 g/mol. The molecule has 5 nitrogen and oxygen atoms in total. The van der Waals surface area contributed by atoms with Crippen LogP contribution in [0.15, 0.2) is 94.3 Å². The van der Waals surface area contributed by atoms with Crippen LogP contribution in [0.5, 0.6) is 5.75 Å². The molecule has 1 unspecified atom stereocenters. The Hall–Kier alpha value is -4.12. The molecule has 0 spiro atoms. The summed E-state index contributed by atoms with van der Waals surface area (Å²) < 4.78 is 5.30. The molecule has 0 bridgehead atoms. The summed E-state index contributed by atoms with van der Waals surface area (Å²) in [6, 6.07) is 24.2. The minimum absolute atomic E-state index is 0.0164. The van der Waals surface area contributed by atoms with Crippen LogP contribution < -0.4 is 5.63 Å². The molecule has 0 saturated heterocycles. The molecule has 2 aromatic heterocycles. The number of hydrogen-bond donors (Lipinski definition) is 2. The molecule has 1 atom stereocenters. The van der Waals surface area contributed by atoms with Gasteiger partial charge in [0.05, 0.1) is 5.39 Å². The molecule has 0 aliphatic rings. The summed E-state index contributed by atoms with van der Waals surface area (Å²) in [5, 5.41) is 12.1. The molecule has 5 aromatic rings. The van der Waals surface area contributed by atoms with Crippen LogP contribution >= 0.6 is 0 Å². The van der Waals surface area contributed by atoms with Gasteiger partial charge in [-0.15, -0.1) is 0 Å². The molecule has 0 aliphatic heterocycles. The number of aromatic amines is 1. The second-order valence-corrected chi connectivity index (χ2v) is 7.49. The maximum absolute atomic E-state index is 13.3. The largest absolute Gasteiger partial charge is 0.506 e. The Balaban J connectivity index is 1.62. The van der Waals surface area contributed by atoms with E-state index in [-0.39, 0.29) is 29.2 Å². The SMILES string of the molecule is O=C(CC(c1ccccc1)c1c[nH]c2ccccc12)c1c(O)c2ccccc2oc1=O. The number of aromatic hydroxyl groups is 1. The molecule has 0 aliphatic carbocycles. The molecule has 2 N–H and O–H groups in total. The smallest absolute Gasteiger partial charge is 0.351 e. The Morgan fingerprint density at radius 2 is 1.58 bits per heavy atom. The number of H-pyrrole nitrogens is 1. The third kappa shape index (κ3) is 3.30. The Morgan fingerprint density at radius 3 is 2.39 bits per heavy atom. The topological polar surface area (TPSA) is 83.3 Å². The van der Waals surface area contributed by atoms with Crippen molar-refractivity contribution in [1.82, 2.24) is 4.98 Å². The molecule has 0 fully saturated rings. The lowest BCUT2D eigenvalue weighted by atomic mass is 9.85. The first-order valence-electron chi connectivity index (χ1n) is 10.0. The summed E-state index contributed by atoms with van der Waals surface area (Å²) in [7, 11) is 0. The summed E-state index contributed by atoms with van der Waals surface area (Å²) in [4.78, 5) is 29.1. The van der Waals surface area contributed by atoms with Crippen LogP contribution in [-0.2, 0) is 0 Å². The lowest BCUT2D eigenvalue weighted by Gasteiger charge is -2.17. The van der Waals surface area contributed by atoms with Gasteiger partial charge >= 0.3 is 5.63 Å². The zero-order valence-electron chi connectivity index (χ0n) is 16.5. The van der Waals surface area contributed by atoms with Gasteiger partial charge in [0.1, 0.15) is 16.9 Å². The Kier molecular flexibility index (Phi) is 4.64. The molecule has 0 radical (unpaired) electrons. The number of rotatable bonds is 5. The predicted molar refractivity (Wildman–Crippen MR) is 120 cm³/mol. The fourth-order valence-electron chi connectivity index (χ4n) is 4.14. The minimum atomic E-state index is -0.827. The van der Waals surface area contributed by atoms with Crippen LogP contribution in [0.4, 0.5) is 0 Å². The molecule has 5 heteroatoms. The second-order valence-electron chi connectivity index (χ2n) is 7.49. The normalized spacial score (nSPS) is 12.3. The van der Waals surface area contributed by atoms with Crippen LogP contribution in [0, 0.1) is 0 Å². The number of hydrogen-bond acceptors (Lipinski definition) is 4. The highest BCUT2D eigenvalue weighted by atomic mass is 16.4. The molecule has 5 rings (SSSR count). The van der Waals surface area contributed by atoms with Gasteiger partial charge in [-0.25, -0.2) is 4.79 Å². The van der Waals surface area contributed by atoms with E-state index < -0.39 is 11.4 Å². The average Bonchev–Trinajstić information content (AvgIpc) is 3.22. The molecular formula is C26H19NO4. The van der Waals surface area contributed by atoms with Crippen LogP contribution in [0.25, 0.3) is 21.9 Å². The molecule has 3 aromatic carbocycles. The van der Waals surface area contributed by atoms with Crippen molar-refractivity contribution in [1.29, 1.82) is 0 Å². The summed E-state index contributed by atoms with van der Waals surface area (Å²) in [6.07, 6.45) is 1.92. The second kappa shape index (κ2) is 7.61. The number of benzene rings is 3. The van der Waals surface area contributed by atoms with Crippen molar-refractivity contribution in [2.45, 2.75) is 12.3 Å². The Bertz CT molecular complexity index is 1460. The minimum Gasteiger partial charge on any atom is -0.506 e. The van der Waals surface area contributed by atoms with Gasteiger partial charge < -0.3 is 14.5 Å². The van der Waals surface area contributed by atoms with E-state index in [1.165, 1.54) is 0 Å². The number of para-hydroxylation sites is 2. The standard InChI is InChI=1S/C26H19NO4/c28-22(24-25(29)18-11-5-7-13-23(18)31-26(24)30)14-19(16-8-2-1-3-9-16)20-15-27-21-12-6-4-10-17(20)21/h1-13,15,19,27,29H,14H2. The zero-order valence-corrected chi connectivity index (χ0v) is 16.5. The van der Waals surface area contributed by atoms with Gasteiger partial charge in [-0.1, -0.05) is 60.7 Å². The van der Waals surface area contributed by atoms with Crippen molar-refractivity contribution in [2.24, 2.45) is 0 Å². The van der Waals surface area contributed by atoms with E-state index >= 15 is 0 Å². The molecule has 0 amide bonds. The van der Waals surface area contributed by atoms with Gasteiger partial charge in [0.25, 0.3) is 0 Å². The van der Waals surface area contributed by atoms with E-state index in [2.05, 4.69) is 4.98 Å². The number of Topliss-reactive ketones (excluding diaryl/α,β-unsaturated/α-hetero) is 1. The van der Waals surface area contributed by atoms with Crippen molar-refractivity contribution in [3.8, 4) is 5.75 Å². The lowest BCUT2D eigenvalue weighted by molar-refractivity contribution is 0.0971. The number of aromatic nitrogens is 1. The number of nitrogens with one attached hydrogen (secondary N) is 1. The molecule has 31 heavy (non-hydrogen) atoms. The van der Waals surface area contributed by atoms with Crippen LogP contribution in [0.3, 0.4) is 0 Å². The van der Waals surface area contributed by atoms with E-state index in [0.29, 0.717) is 5.39 Å². The van der Waals surface area contributed by atoms with Crippen molar-refractivity contribution in [3.05, 3.63) is 112 Å². The Morgan fingerprint density at radius 1 is 0.903 bits per heavy atom. The van der Waals surface area contributed by atoms with E-state index in [9.17, 15) is 14.7 Å². The van der Waals surface area contributed by atoms with Crippen molar-refractivity contribution < 1.29 is 14.3 Å². The van der Waals surface area contributed by atoms with Crippen LogP contribution in [0.2, 0.25) is 0 Å². The van der Waals surface area contributed by atoms with E-state index in [4.69, 9.17) is 4.42 Å². The van der Waals surface area contributed by atoms with Gasteiger partial charge in [0.2, 0.25) is 0 Å². The fourth-order valence-corrected chi connectivity index (χ4v) is 4.14. The first-order chi connectivity index (χ1) is 15.1. The number of carbonyl (C=O) groups excluding carboxylic acids is 1. The monoisotopic (exact) mass is 409 g/mol. The van der Waals surface area contributed by atoms with Gasteiger partial charge in [0, 0.05) is 29.4 Å². The van der Waals surface area contributed by atoms with E-state index in [1.54, 1.807) is 24.3 Å². The molecule has 2 heterocycles. The van der Waals surface area contributed by atoms with Gasteiger partial charge in [-0.3, -0.25) is 4.79 Å². The Labute approximate surface area is 177 Å². The third-order valence-corrected chi connectivity index (χ3v) is 5.65. The number of fused-ring (bicyclic) bond motifs is 2. The number of ketones is 1. The van der Waals surface area contributed by atoms with E-state index in [0.717, 1.165) is 22.0 Å². The predicted octanol–water partition coefficient (Wildman–Crippen LogP) is 5.38. The fraction of sp³-hybridized carbons (Fsp3) is 0.0769. The van der Waals surface area contributed by atoms with Crippen LogP contribution in [0.1, 0.15) is 33.8 Å². The van der Waals surface area contributed by atoms with Crippen LogP contribution in [-0.4, -0.2) is 15.9 Å². The lowest BCUT2D eigenvalue weighted by Crippen LogP contribution is -2.17. The maximum atomic E-state index is 13.3. The summed E-state index contributed by atoms with van der Waals surface area (Å²) in [6.45, 7) is 0. The summed E-state index contributed by atoms with van der Waals surface area (Å²) in [5.74, 6) is -1.09. The highest BCUT2D eigenvalue weighted by Gasteiger charge is 2.26. The molecule has 0 saturated carbocycles. The van der Waals surface area contributed by atoms with E-state index in [1.807, 2.05) is 60.8 Å². The average molecular weight is 409 g/mol. The first kappa shape index (κ1) is 18.9. The number of carbonyl (C=O) groups is 1.